The lowest BCUT2D eigenvalue weighted by Crippen LogP contribution is -2.30. The zero-order valence-corrected chi connectivity index (χ0v) is 55.2. The molecule has 1 atom stereocenters. The summed E-state index contributed by atoms with van der Waals surface area (Å²) in [5, 5.41) is 0. The summed E-state index contributed by atoms with van der Waals surface area (Å²) in [6.07, 6.45) is 94.6. The lowest BCUT2D eigenvalue weighted by molar-refractivity contribution is -0.167. The van der Waals surface area contributed by atoms with Crippen LogP contribution in [0.5, 0.6) is 0 Å². The van der Waals surface area contributed by atoms with Gasteiger partial charge in [0.05, 0.1) is 0 Å². The van der Waals surface area contributed by atoms with Crippen LogP contribution in [0.3, 0.4) is 0 Å². The van der Waals surface area contributed by atoms with Crippen molar-refractivity contribution < 1.29 is 28.6 Å². The number of esters is 3. The molecule has 1 unspecified atom stereocenters. The molecule has 480 valence electrons. The highest BCUT2D eigenvalue weighted by atomic mass is 16.6. The van der Waals surface area contributed by atoms with Gasteiger partial charge in [-0.15, -0.1) is 0 Å². The van der Waals surface area contributed by atoms with E-state index in [1.165, 1.54) is 225 Å². The molecule has 6 heteroatoms. The van der Waals surface area contributed by atoms with Crippen LogP contribution in [0, 0.1) is 0 Å². The average Bonchev–Trinajstić information content (AvgIpc) is 3.49. The van der Waals surface area contributed by atoms with Crippen LogP contribution < -0.4 is 0 Å². The first-order chi connectivity index (χ1) is 41.0. The molecule has 0 bridgehead atoms. The van der Waals surface area contributed by atoms with Crippen LogP contribution in [0.4, 0.5) is 0 Å². The number of hydrogen-bond acceptors (Lipinski definition) is 6. The van der Waals surface area contributed by atoms with E-state index >= 15 is 0 Å². The standard InChI is InChI=1S/C77H136O6/c1-4-7-10-13-16-19-22-25-28-31-33-35-36-37-38-39-40-42-43-46-49-52-55-58-61-64-67-70-76(79)82-73-74(72-81-75(78)69-66-63-60-57-54-51-48-45-30-27-24-21-18-15-12-9-6-3)83-77(80)71-68-65-62-59-56-53-50-47-44-41-34-32-29-26-23-20-17-14-11-8-5-2/h7,10,16,18-19,21,25,27-28,30,33,35,37-38,74H,4-6,8-9,11-15,17,20,22-24,26,29,31-32,34,36,39-73H2,1-3H3/b10-7-,19-16-,21-18-,28-25-,30-27-,35-33-,38-37-. The Morgan fingerprint density at radius 3 is 0.759 bits per heavy atom. The van der Waals surface area contributed by atoms with Gasteiger partial charge in [-0.3, -0.25) is 14.4 Å². The van der Waals surface area contributed by atoms with E-state index in [9.17, 15) is 14.4 Å². The van der Waals surface area contributed by atoms with Gasteiger partial charge in [0, 0.05) is 19.3 Å². The Hall–Kier alpha value is -3.41. The minimum absolute atomic E-state index is 0.0769. The molecule has 0 aliphatic heterocycles. The van der Waals surface area contributed by atoms with Crippen molar-refractivity contribution in [2.75, 3.05) is 13.2 Å². The summed E-state index contributed by atoms with van der Waals surface area (Å²) in [4.78, 5) is 38.5. The summed E-state index contributed by atoms with van der Waals surface area (Å²) in [5.74, 6) is -0.865. The summed E-state index contributed by atoms with van der Waals surface area (Å²) >= 11 is 0. The molecule has 0 saturated heterocycles. The molecule has 0 radical (unpaired) electrons. The molecule has 0 N–H and O–H groups in total. The fourth-order valence-corrected chi connectivity index (χ4v) is 10.5. The van der Waals surface area contributed by atoms with Crippen LogP contribution in [-0.4, -0.2) is 37.2 Å². The van der Waals surface area contributed by atoms with Gasteiger partial charge < -0.3 is 14.2 Å². The van der Waals surface area contributed by atoms with E-state index in [0.29, 0.717) is 19.3 Å². The first-order valence-corrected chi connectivity index (χ1v) is 36.1. The number of rotatable bonds is 66. The molecular formula is C77H136O6. The van der Waals surface area contributed by atoms with Crippen molar-refractivity contribution in [2.24, 2.45) is 0 Å². The van der Waals surface area contributed by atoms with Gasteiger partial charge in [-0.2, -0.15) is 0 Å². The smallest absolute Gasteiger partial charge is 0.306 e. The van der Waals surface area contributed by atoms with Crippen LogP contribution >= 0.6 is 0 Å². The highest BCUT2D eigenvalue weighted by Gasteiger charge is 2.19. The maximum Gasteiger partial charge on any atom is 0.306 e. The second-order valence-corrected chi connectivity index (χ2v) is 24.1. The fourth-order valence-electron chi connectivity index (χ4n) is 10.5. The number of unbranched alkanes of at least 4 members (excludes halogenated alkanes) is 41. The number of hydrogen-bond donors (Lipinski definition) is 0. The molecule has 0 heterocycles. The number of carbonyl (C=O) groups excluding carboxylic acids is 3. The summed E-state index contributed by atoms with van der Waals surface area (Å²) in [5.41, 5.74) is 0. The van der Waals surface area contributed by atoms with E-state index in [-0.39, 0.29) is 31.1 Å². The zero-order chi connectivity index (χ0) is 59.9. The lowest BCUT2D eigenvalue weighted by atomic mass is 10.0. The van der Waals surface area contributed by atoms with Gasteiger partial charge in [-0.1, -0.05) is 337 Å². The van der Waals surface area contributed by atoms with Crippen molar-refractivity contribution in [1.82, 2.24) is 0 Å². The van der Waals surface area contributed by atoms with E-state index in [1.54, 1.807) is 0 Å². The normalized spacial score (nSPS) is 12.6. The Balaban J connectivity index is 4.33. The SMILES string of the molecule is CC/C=C\C/C=C\C/C=C\C/C=C\C/C=C\CCCCCCCCCCCCCC(=O)OCC(COC(=O)CCCCCCCCC/C=C\C/C=C\CCCCC)OC(=O)CCCCCCCCCCCCCCCCCCCCCCC. The third-order valence-corrected chi connectivity index (χ3v) is 15.9. The summed E-state index contributed by atoms with van der Waals surface area (Å²) in [6, 6.07) is 0. The van der Waals surface area contributed by atoms with E-state index < -0.39 is 6.10 Å². The van der Waals surface area contributed by atoms with Crippen molar-refractivity contribution >= 4 is 17.9 Å². The van der Waals surface area contributed by atoms with Crippen molar-refractivity contribution in [3.05, 3.63) is 85.1 Å². The molecule has 83 heavy (non-hydrogen) atoms. The molecule has 0 saturated carbocycles. The summed E-state index contributed by atoms with van der Waals surface area (Å²) in [7, 11) is 0. The maximum atomic E-state index is 13.0. The van der Waals surface area contributed by atoms with Crippen molar-refractivity contribution in [3.63, 3.8) is 0 Å². The van der Waals surface area contributed by atoms with E-state index in [1.807, 2.05) is 0 Å². The van der Waals surface area contributed by atoms with Gasteiger partial charge in [0.2, 0.25) is 0 Å². The zero-order valence-electron chi connectivity index (χ0n) is 55.2. The molecule has 0 aromatic carbocycles. The Morgan fingerprint density at radius 1 is 0.253 bits per heavy atom. The quantitative estimate of drug-likeness (QED) is 0.0261. The molecule has 0 aromatic heterocycles. The summed E-state index contributed by atoms with van der Waals surface area (Å²) in [6.45, 7) is 6.55. The third kappa shape index (κ3) is 69.3. The predicted octanol–water partition coefficient (Wildman–Crippen LogP) is 25.0. The molecule has 0 fully saturated rings. The Morgan fingerprint density at radius 2 is 0.470 bits per heavy atom. The molecule has 0 aliphatic carbocycles. The van der Waals surface area contributed by atoms with Crippen molar-refractivity contribution in [1.29, 1.82) is 0 Å². The number of ether oxygens (including phenoxy) is 3. The largest absolute Gasteiger partial charge is 0.462 e. The highest BCUT2D eigenvalue weighted by Crippen LogP contribution is 2.18. The van der Waals surface area contributed by atoms with E-state index in [0.717, 1.165) is 103 Å². The monoisotopic (exact) mass is 1160 g/mol. The van der Waals surface area contributed by atoms with Crippen LogP contribution in [0.25, 0.3) is 0 Å². The minimum Gasteiger partial charge on any atom is -0.462 e. The van der Waals surface area contributed by atoms with Crippen molar-refractivity contribution in [2.45, 2.75) is 374 Å². The average molecular weight is 1160 g/mol. The Bertz CT molecular complexity index is 1570. The molecular weight excluding hydrogens is 1020 g/mol. The number of carbonyl (C=O) groups is 3. The maximum absolute atomic E-state index is 13.0. The Kier molecular flexibility index (Phi) is 68.2. The lowest BCUT2D eigenvalue weighted by Gasteiger charge is -2.18. The van der Waals surface area contributed by atoms with Crippen LogP contribution in [0.15, 0.2) is 85.1 Å². The highest BCUT2D eigenvalue weighted by molar-refractivity contribution is 5.71. The minimum atomic E-state index is -0.781. The molecule has 0 amide bonds. The van der Waals surface area contributed by atoms with Gasteiger partial charge in [-0.05, 0) is 96.3 Å². The van der Waals surface area contributed by atoms with Gasteiger partial charge in [0.15, 0.2) is 6.10 Å². The second kappa shape index (κ2) is 71.1. The Labute approximate surface area is 515 Å². The first kappa shape index (κ1) is 79.6. The van der Waals surface area contributed by atoms with Gasteiger partial charge in [-0.25, -0.2) is 0 Å². The van der Waals surface area contributed by atoms with E-state index in [4.69, 9.17) is 14.2 Å². The molecule has 0 spiro atoms. The second-order valence-electron chi connectivity index (χ2n) is 24.1. The van der Waals surface area contributed by atoms with E-state index in [2.05, 4.69) is 106 Å². The third-order valence-electron chi connectivity index (χ3n) is 15.9. The van der Waals surface area contributed by atoms with Crippen LogP contribution in [0.1, 0.15) is 367 Å². The summed E-state index contributed by atoms with van der Waals surface area (Å²) < 4.78 is 17.0. The first-order valence-electron chi connectivity index (χ1n) is 36.1. The molecule has 0 aromatic rings. The van der Waals surface area contributed by atoms with Gasteiger partial charge in [0.25, 0.3) is 0 Å². The molecule has 0 rings (SSSR count). The van der Waals surface area contributed by atoms with Crippen LogP contribution in [0.2, 0.25) is 0 Å². The topological polar surface area (TPSA) is 78.9 Å². The van der Waals surface area contributed by atoms with Crippen molar-refractivity contribution in [3.8, 4) is 0 Å². The van der Waals surface area contributed by atoms with Gasteiger partial charge in [0.1, 0.15) is 13.2 Å². The fraction of sp³-hybridized carbons (Fsp3) is 0.779. The van der Waals surface area contributed by atoms with Crippen LogP contribution in [-0.2, 0) is 28.6 Å². The van der Waals surface area contributed by atoms with Gasteiger partial charge >= 0.3 is 17.9 Å². The molecule has 6 nitrogen and oxygen atoms in total. The number of allylic oxidation sites excluding steroid dienone is 14. The predicted molar refractivity (Wildman–Crippen MR) is 362 cm³/mol. The molecule has 0 aliphatic rings.